The van der Waals surface area contributed by atoms with E-state index in [1.165, 1.54) is 56.2 Å². The smallest absolute Gasteiger partial charge is 0.0756 e. The van der Waals surface area contributed by atoms with Gasteiger partial charge in [0.15, 0.2) is 0 Å². The Bertz CT molecular complexity index is 462. The van der Waals surface area contributed by atoms with E-state index in [4.69, 9.17) is 4.74 Å². The van der Waals surface area contributed by atoms with Crippen molar-refractivity contribution < 1.29 is 4.74 Å². The van der Waals surface area contributed by atoms with Gasteiger partial charge in [-0.1, -0.05) is 51.3 Å². The minimum atomic E-state index is 0.238. The van der Waals surface area contributed by atoms with Crippen molar-refractivity contribution in [3.8, 4) is 0 Å². The second kappa shape index (κ2) is 6.39. The Labute approximate surface area is 129 Å². The quantitative estimate of drug-likeness (QED) is 0.831. The molecule has 1 aliphatic heterocycles. The normalized spacial score (nSPS) is 24.6. The SMILES string of the molecule is CC(C)c1ccccc1NCC1CCC2(CCCCC2)O1. The third kappa shape index (κ3) is 3.42. The minimum Gasteiger partial charge on any atom is -0.382 e. The fourth-order valence-electron chi connectivity index (χ4n) is 3.99. The number of rotatable bonds is 4. The zero-order chi connectivity index (χ0) is 14.7. The molecule has 1 aromatic rings. The van der Waals surface area contributed by atoms with Gasteiger partial charge in [-0.3, -0.25) is 0 Å². The first kappa shape index (κ1) is 14.9. The second-order valence-electron chi connectivity index (χ2n) is 7.15. The highest BCUT2D eigenvalue weighted by molar-refractivity contribution is 5.52. The fourth-order valence-corrected chi connectivity index (χ4v) is 3.99. The van der Waals surface area contributed by atoms with Crippen LogP contribution in [-0.2, 0) is 4.74 Å². The standard InChI is InChI=1S/C19H29NO/c1-15(2)17-8-4-5-9-18(17)20-14-16-10-13-19(21-16)11-6-3-7-12-19/h4-5,8-9,15-16,20H,3,6-7,10-14H2,1-2H3. The van der Waals surface area contributed by atoms with Crippen LogP contribution in [0.15, 0.2) is 24.3 Å². The molecule has 1 unspecified atom stereocenters. The molecule has 0 aromatic heterocycles. The molecule has 1 saturated carbocycles. The fraction of sp³-hybridized carbons (Fsp3) is 0.684. The van der Waals surface area contributed by atoms with E-state index in [9.17, 15) is 0 Å². The van der Waals surface area contributed by atoms with Crippen molar-refractivity contribution in [2.75, 3.05) is 11.9 Å². The third-order valence-corrected chi connectivity index (χ3v) is 5.21. The molecule has 1 atom stereocenters. The molecule has 1 aliphatic carbocycles. The van der Waals surface area contributed by atoms with Crippen LogP contribution in [0.3, 0.4) is 0 Å². The molecule has 2 nitrogen and oxygen atoms in total. The van der Waals surface area contributed by atoms with Gasteiger partial charge in [0.2, 0.25) is 0 Å². The van der Waals surface area contributed by atoms with Crippen LogP contribution in [0, 0.1) is 0 Å². The first-order valence-corrected chi connectivity index (χ1v) is 8.69. The Morgan fingerprint density at radius 1 is 1.14 bits per heavy atom. The van der Waals surface area contributed by atoms with Gasteiger partial charge in [0.1, 0.15) is 0 Å². The van der Waals surface area contributed by atoms with Crippen LogP contribution in [0.4, 0.5) is 5.69 Å². The number of nitrogens with one attached hydrogen (secondary N) is 1. The van der Waals surface area contributed by atoms with E-state index in [-0.39, 0.29) is 5.60 Å². The van der Waals surface area contributed by atoms with Crippen LogP contribution in [0.5, 0.6) is 0 Å². The molecule has 0 amide bonds. The molecule has 1 saturated heterocycles. The molecule has 1 heterocycles. The molecular weight excluding hydrogens is 258 g/mol. The van der Waals surface area contributed by atoms with E-state index in [0.717, 1.165) is 6.54 Å². The van der Waals surface area contributed by atoms with Gasteiger partial charge in [-0.15, -0.1) is 0 Å². The highest BCUT2D eigenvalue weighted by Gasteiger charge is 2.40. The third-order valence-electron chi connectivity index (χ3n) is 5.21. The Kier molecular flexibility index (Phi) is 4.54. The molecule has 0 radical (unpaired) electrons. The Balaban J connectivity index is 1.57. The van der Waals surface area contributed by atoms with E-state index in [1.54, 1.807) is 0 Å². The summed E-state index contributed by atoms with van der Waals surface area (Å²) in [6.45, 7) is 5.46. The van der Waals surface area contributed by atoms with Gasteiger partial charge in [0.05, 0.1) is 11.7 Å². The molecule has 1 N–H and O–H groups in total. The molecular formula is C19H29NO. The largest absolute Gasteiger partial charge is 0.382 e. The lowest BCUT2D eigenvalue weighted by Gasteiger charge is -2.33. The van der Waals surface area contributed by atoms with Crippen LogP contribution in [-0.4, -0.2) is 18.2 Å². The number of para-hydroxylation sites is 1. The average molecular weight is 287 g/mol. The summed E-state index contributed by atoms with van der Waals surface area (Å²) in [5.41, 5.74) is 2.92. The Hall–Kier alpha value is -1.02. The summed E-state index contributed by atoms with van der Waals surface area (Å²) in [6.07, 6.45) is 9.56. The van der Waals surface area contributed by atoms with Crippen molar-refractivity contribution in [1.82, 2.24) is 0 Å². The molecule has 21 heavy (non-hydrogen) atoms. The van der Waals surface area contributed by atoms with Crippen molar-refractivity contribution >= 4 is 5.69 Å². The van der Waals surface area contributed by atoms with Gasteiger partial charge in [-0.05, 0) is 43.2 Å². The van der Waals surface area contributed by atoms with Gasteiger partial charge >= 0.3 is 0 Å². The summed E-state index contributed by atoms with van der Waals surface area (Å²) in [6, 6.07) is 8.67. The van der Waals surface area contributed by atoms with E-state index >= 15 is 0 Å². The predicted octanol–water partition coefficient (Wildman–Crippen LogP) is 5.10. The molecule has 2 fully saturated rings. The highest BCUT2D eigenvalue weighted by Crippen LogP contribution is 2.41. The van der Waals surface area contributed by atoms with Gasteiger partial charge in [0, 0.05) is 12.2 Å². The molecule has 3 rings (SSSR count). The van der Waals surface area contributed by atoms with Crippen LogP contribution in [0.2, 0.25) is 0 Å². The van der Waals surface area contributed by atoms with Gasteiger partial charge < -0.3 is 10.1 Å². The Morgan fingerprint density at radius 3 is 2.67 bits per heavy atom. The topological polar surface area (TPSA) is 21.3 Å². The molecule has 1 spiro atoms. The molecule has 0 bridgehead atoms. The lowest BCUT2D eigenvalue weighted by molar-refractivity contribution is -0.0588. The van der Waals surface area contributed by atoms with Crippen molar-refractivity contribution in [1.29, 1.82) is 0 Å². The number of anilines is 1. The van der Waals surface area contributed by atoms with Crippen LogP contribution >= 0.6 is 0 Å². The van der Waals surface area contributed by atoms with Gasteiger partial charge in [0.25, 0.3) is 0 Å². The van der Waals surface area contributed by atoms with Crippen molar-refractivity contribution in [2.45, 2.75) is 76.4 Å². The maximum absolute atomic E-state index is 6.45. The predicted molar refractivity (Wildman–Crippen MR) is 88.9 cm³/mol. The number of hydrogen-bond acceptors (Lipinski definition) is 2. The lowest BCUT2D eigenvalue weighted by atomic mass is 9.83. The van der Waals surface area contributed by atoms with Crippen LogP contribution in [0.1, 0.15) is 70.3 Å². The van der Waals surface area contributed by atoms with Crippen molar-refractivity contribution in [3.05, 3.63) is 29.8 Å². The number of hydrogen-bond donors (Lipinski definition) is 1. The van der Waals surface area contributed by atoms with Crippen LogP contribution in [0.25, 0.3) is 0 Å². The summed E-state index contributed by atoms with van der Waals surface area (Å²) in [7, 11) is 0. The van der Waals surface area contributed by atoms with E-state index in [0.29, 0.717) is 12.0 Å². The lowest BCUT2D eigenvalue weighted by Crippen LogP contribution is -2.33. The molecule has 1 aromatic carbocycles. The second-order valence-corrected chi connectivity index (χ2v) is 7.15. The van der Waals surface area contributed by atoms with Crippen LogP contribution < -0.4 is 5.32 Å². The average Bonchev–Trinajstić information content (AvgIpc) is 2.89. The zero-order valence-corrected chi connectivity index (χ0v) is 13.5. The highest BCUT2D eigenvalue weighted by atomic mass is 16.5. The van der Waals surface area contributed by atoms with Crippen molar-refractivity contribution in [3.63, 3.8) is 0 Å². The number of benzene rings is 1. The summed E-state index contributed by atoms with van der Waals surface area (Å²) >= 11 is 0. The zero-order valence-electron chi connectivity index (χ0n) is 13.5. The van der Waals surface area contributed by atoms with Gasteiger partial charge in [-0.2, -0.15) is 0 Å². The summed E-state index contributed by atoms with van der Waals surface area (Å²) in [4.78, 5) is 0. The summed E-state index contributed by atoms with van der Waals surface area (Å²) < 4.78 is 6.45. The first-order chi connectivity index (χ1) is 10.2. The summed E-state index contributed by atoms with van der Waals surface area (Å²) in [5, 5.41) is 3.63. The molecule has 2 heteroatoms. The van der Waals surface area contributed by atoms with E-state index in [2.05, 4.69) is 43.4 Å². The van der Waals surface area contributed by atoms with E-state index in [1.807, 2.05) is 0 Å². The van der Waals surface area contributed by atoms with Gasteiger partial charge in [-0.25, -0.2) is 0 Å². The number of ether oxygens (including phenoxy) is 1. The van der Waals surface area contributed by atoms with Crippen molar-refractivity contribution in [2.24, 2.45) is 0 Å². The Morgan fingerprint density at radius 2 is 1.90 bits per heavy atom. The first-order valence-electron chi connectivity index (χ1n) is 8.69. The minimum absolute atomic E-state index is 0.238. The summed E-state index contributed by atoms with van der Waals surface area (Å²) in [5.74, 6) is 0.558. The van der Waals surface area contributed by atoms with E-state index < -0.39 is 0 Å². The monoisotopic (exact) mass is 287 g/mol. The molecule has 116 valence electrons. The molecule has 2 aliphatic rings. The maximum Gasteiger partial charge on any atom is 0.0756 e. The maximum atomic E-state index is 6.45.